The second-order valence-corrected chi connectivity index (χ2v) is 7.60. The van der Waals surface area contributed by atoms with Crippen molar-refractivity contribution in [3.8, 4) is 16.9 Å². The van der Waals surface area contributed by atoms with Crippen LogP contribution >= 0.6 is 0 Å². The summed E-state index contributed by atoms with van der Waals surface area (Å²) in [6, 6.07) is 29.6. The van der Waals surface area contributed by atoms with E-state index in [0.717, 1.165) is 33.3 Å². The summed E-state index contributed by atoms with van der Waals surface area (Å²) in [5.74, 6) is -0.712. The summed E-state index contributed by atoms with van der Waals surface area (Å²) >= 11 is 0. The number of carbonyl (C=O) groups excluding carboxylic acids is 1. The fraction of sp³-hybridized carbons (Fsp3) is 0.0370. The van der Waals surface area contributed by atoms with Gasteiger partial charge in [-0.1, -0.05) is 60.7 Å². The zero-order chi connectivity index (χ0) is 22.1. The van der Waals surface area contributed by atoms with Crippen LogP contribution in [-0.2, 0) is 0 Å². The van der Waals surface area contributed by atoms with Gasteiger partial charge in [0.1, 0.15) is 5.82 Å². The van der Waals surface area contributed by atoms with Crippen LogP contribution in [0.4, 0.5) is 10.1 Å². The summed E-state index contributed by atoms with van der Waals surface area (Å²) in [7, 11) is 0. The van der Waals surface area contributed by atoms with Crippen LogP contribution in [0.25, 0.3) is 27.7 Å². The van der Waals surface area contributed by atoms with Crippen LogP contribution < -0.4 is 5.32 Å². The highest BCUT2D eigenvalue weighted by Gasteiger charge is 2.19. The number of nitrogens with one attached hydrogen (secondary N) is 1. The van der Waals surface area contributed by atoms with E-state index in [-0.39, 0.29) is 17.4 Å². The van der Waals surface area contributed by atoms with Gasteiger partial charge in [-0.15, -0.1) is 0 Å². The third-order valence-corrected chi connectivity index (χ3v) is 5.45. The van der Waals surface area contributed by atoms with Crippen LogP contribution in [0.3, 0.4) is 0 Å². The molecule has 5 heteroatoms. The summed E-state index contributed by atoms with van der Waals surface area (Å²) in [5.41, 5.74) is 4.54. The predicted molar refractivity (Wildman–Crippen MR) is 126 cm³/mol. The highest BCUT2D eigenvalue weighted by Crippen LogP contribution is 2.31. The SMILES string of the molecule is Cc1ccccc1-n1nc(C(=O)Nc2ccc(F)cc2)cc1-c1cccc2ccccc12. The van der Waals surface area contributed by atoms with Crippen molar-refractivity contribution in [2.75, 3.05) is 5.32 Å². The van der Waals surface area contributed by atoms with Gasteiger partial charge in [0.25, 0.3) is 5.91 Å². The van der Waals surface area contributed by atoms with E-state index in [1.807, 2.05) is 60.1 Å². The molecule has 0 saturated carbocycles. The number of hydrogen-bond donors (Lipinski definition) is 1. The number of carbonyl (C=O) groups is 1. The summed E-state index contributed by atoms with van der Waals surface area (Å²) in [6.07, 6.45) is 0. The van der Waals surface area contributed by atoms with E-state index >= 15 is 0 Å². The normalized spacial score (nSPS) is 10.9. The Bertz CT molecular complexity index is 1430. The van der Waals surface area contributed by atoms with E-state index in [2.05, 4.69) is 28.6 Å². The maximum atomic E-state index is 13.2. The van der Waals surface area contributed by atoms with Gasteiger partial charge in [-0.3, -0.25) is 4.79 Å². The zero-order valence-corrected chi connectivity index (χ0v) is 17.4. The number of halogens is 1. The van der Waals surface area contributed by atoms with Gasteiger partial charge in [-0.25, -0.2) is 9.07 Å². The van der Waals surface area contributed by atoms with Gasteiger partial charge in [-0.2, -0.15) is 5.10 Å². The number of amides is 1. The Balaban J connectivity index is 1.65. The molecule has 0 fully saturated rings. The Labute approximate surface area is 184 Å². The van der Waals surface area contributed by atoms with Crippen molar-refractivity contribution in [1.82, 2.24) is 9.78 Å². The first-order valence-corrected chi connectivity index (χ1v) is 10.3. The van der Waals surface area contributed by atoms with Gasteiger partial charge in [0.15, 0.2) is 5.69 Å². The molecule has 1 amide bonds. The van der Waals surface area contributed by atoms with Crippen molar-refractivity contribution in [3.63, 3.8) is 0 Å². The summed E-state index contributed by atoms with van der Waals surface area (Å²) in [6.45, 7) is 2.02. The molecule has 1 heterocycles. The molecule has 0 aliphatic rings. The predicted octanol–water partition coefficient (Wildman–Crippen LogP) is 6.39. The maximum Gasteiger partial charge on any atom is 0.276 e. The second-order valence-electron chi connectivity index (χ2n) is 7.60. The molecule has 0 aliphatic heterocycles. The molecule has 32 heavy (non-hydrogen) atoms. The van der Waals surface area contributed by atoms with E-state index in [9.17, 15) is 9.18 Å². The van der Waals surface area contributed by atoms with Gasteiger partial charge >= 0.3 is 0 Å². The molecule has 0 atom stereocenters. The summed E-state index contributed by atoms with van der Waals surface area (Å²) in [5, 5.41) is 9.66. The number of nitrogens with zero attached hydrogens (tertiary/aromatic N) is 2. The maximum absolute atomic E-state index is 13.2. The minimum atomic E-state index is -0.356. The average molecular weight is 421 g/mol. The van der Waals surface area contributed by atoms with Crippen molar-refractivity contribution in [1.29, 1.82) is 0 Å². The lowest BCUT2D eigenvalue weighted by atomic mass is 10.0. The van der Waals surface area contributed by atoms with E-state index in [0.29, 0.717) is 5.69 Å². The highest BCUT2D eigenvalue weighted by molar-refractivity contribution is 6.04. The molecule has 0 radical (unpaired) electrons. The number of hydrogen-bond acceptors (Lipinski definition) is 2. The average Bonchev–Trinajstić information content (AvgIpc) is 3.26. The third-order valence-electron chi connectivity index (χ3n) is 5.45. The molecule has 4 nitrogen and oxygen atoms in total. The molecule has 0 bridgehead atoms. The molecule has 0 unspecified atom stereocenters. The fourth-order valence-corrected chi connectivity index (χ4v) is 3.85. The van der Waals surface area contributed by atoms with Crippen LogP contribution in [0.5, 0.6) is 0 Å². The van der Waals surface area contributed by atoms with Crippen molar-refractivity contribution >= 4 is 22.4 Å². The first kappa shape index (κ1) is 19.7. The number of fused-ring (bicyclic) bond motifs is 1. The van der Waals surface area contributed by atoms with Crippen LogP contribution in [0, 0.1) is 12.7 Å². The van der Waals surface area contributed by atoms with Gasteiger partial charge in [-0.05, 0) is 59.7 Å². The molecular weight excluding hydrogens is 401 g/mol. The van der Waals surface area contributed by atoms with Crippen LogP contribution in [0.15, 0.2) is 97.1 Å². The largest absolute Gasteiger partial charge is 0.321 e. The molecule has 0 spiro atoms. The molecule has 5 aromatic rings. The van der Waals surface area contributed by atoms with Crippen molar-refractivity contribution in [3.05, 3.63) is 114 Å². The molecular formula is C27H20FN3O. The van der Waals surface area contributed by atoms with E-state index in [1.54, 1.807) is 6.07 Å². The number of rotatable bonds is 4. The Morgan fingerprint density at radius 3 is 2.41 bits per heavy atom. The molecule has 1 aromatic heterocycles. The Morgan fingerprint density at radius 2 is 1.59 bits per heavy atom. The van der Waals surface area contributed by atoms with E-state index in [4.69, 9.17) is 0 Å². The Kier molecular flexibility index (Phi) is 5.00. The quantitative estimate of drug-likeness (QED) is 0.365. The molecule has 1 N–H and O–H groups in total. The van der Waals surface area contributed by atoms with Crippen molar-refractivity contribution < 1.29 is 9.18 Å². The molecule has 0 aliphatic carbocycles. The van der Waals surface area contributed by atoms with E-state index < -0.39 is 0 Å². The lowest BCUT2D eigenvalue weighted by molar-refractivity contribution is 0.102. The minimum absolute atomic E-state index is 0.278. The number of benzene rings is 4. The third kappa shape index (κ3) is 3.65. The van der Waals surface area contributed by atoms with Crippen LogP contribution in [0.1, 0.15) is 16.1 Å². The standard InChI is InChI=1S/C27H20FN3O/c1-18-7-2-5-12-25(18)31-26(23-11-6-9-19-8-3-4-10-22(19)23)17-24(30-31)27(32)29-21-15-13-20(28)14-16-21/h2-17H,1H3,(H,29,32). The monoisotopic (exact) mass is 421 g/mol. The second kappa shape index (κ2) is 8.12. The van der Waals surface area contributed by atoms with Gasteiger partial charge in [0, 0.05) is 11.3 Å². The first-order chi connectivity index (χ1) is 15.6. The number of aromatic nitrogens is 2. The van der Waals surface area contributed by atoms with Gasteiger partial charge < -0.3 is 5.32 Å². The number of anilines is 1. The van der Waals surface area contributed by atoms with E-state index in [1.165, 1.54) is 24.3 Å². The van der Waals surface area contributed by atoms with Gasteiger partial charge in [0.05, 0.1) is 11.4 Å². The van der Waals surface area contributed by atoms with Crippen molar-refractivity contribution in [2.24, 2.45) is 0 Å². The lowest BCUT2D eigenvalue weighted by Crippen LogP contribution is -2.13. The number of aryl methyl sites for hydroxylation is 1. The Hall–Kier alpha value is -4.25. The molecule has 0 saturated heterocycles. The fourth-order valence-electron chi connectivity index (χ4n) is 3.85. The zero-order valence-electron chi connectivity index (χ0n) is 17.4. The smallest absolute Gasteiger partial charge is 0.276 e. The van der Waals surface area contributed by atoms with Crippen LogP contribution in [0.2, 0.25) is 0 Å². The lowest BCUT2D eigenvalue weighted by Gasteiger charge is -2.12. The summed E-state index contributed by atoms with van der Waals surface area (Å²) in [4.78, 5) is 13.0. The number of para-hydroxylation sites is 1. The highest BCUT2D eigenvalue weighted by atomic mass is 19.1. The van der Waals surface area contributed by atoms with Crippen molar-refractivity contribution in [2.45, 2.75) is 6.92 Å². The van der Waals surface area contributed by atoms with Crippen LogP contribution in [-0.4, -0.2) is 15.7 Å². The Morgan fingerprint density at radius 1 is 0.875 bits per heavy atom. The topological polar surface area (TPSA) is 46.9 Å². The van der Waals surface area contributed by atoms with Gasteiger partial charge in [0.2, 0.25) is 0 Å². The summed E-state index contributed by atoms with van der Waals surface area (Å²) < 4.78 is 15.0. The minimum Gasteiger partial charge on any atom is -0.321 e. The molecule has 4 aromatic carbocycles. The first-order valence-electron chi connectivity index (χ1n) is 10.3. The molecule has 156 valence electrons. The molecule has 5 rings (SSSR count).